The first-order valence-corrected chi connectivity index (χ1v) is 4.06. The van der Waals surface area contributed by atoms with Gasteiger partial charge in [-0.15, -0.1) is 0 Å². The zero-order chi connectivity index (χ0) is 9.14. The lowest BCUT2D eigenvalue weighted by molar-refractivity contribution is 0.247. The Labute approximate surface area is 71.4 Å². The summed E-state index contributed by atoms with van der Waals surface area (Å²) in [6.07, 6.45) is 1.60. The van der Waals surface area contributed by atoms with Crippen molar-refractivity contribution in [2.24, 2.45) is 5.73 Å². The highest BCUT2D eigenvalue weighted by Gasteiger charge is 2.08. The summed E-state index contributed by atoms with van der Waals surface area (Å²) < 4.78 is 1.26. The van der Waals surface area contributed by atoms with Crippen LogP contribution in [0.25, 0.3) is 0 Å². The van der Waals surface area contributed by atoms with Crippen molar-refractivity contribution in [1.29, 1.82) is 0 Å². The average Bonchev–Trinajstić information content (AvgIpc) is 2.47. The molecule has 1 aromatic heterocycles. The van der Waals surface area contributed by atoms with Crippen LogP contribution in [-0.4, -0.2) is 15.8 Å². The summed E-state index contributed by atoms with van der Waals surface area (Å²) in [6, 6.07) is 1.40. The number of primary amides is 1. The number of rotatable bonds is 2. The molecule has 4 nitrogen and oxygen atoms in total. The SMILES string of the molecule is CCc1cc(CC)n(C(N)=O)n1. The van der Waals surface area contributed by atoms with Crippen molar-refractivity contribution in [2.45, 2.75) is 26.7 Å². The molecule has 0 aliphatic rings. The van der Waals surface area contributed by atoms with Crippen LogP contribution < -0.4 is 5.73 Å². The molecule has 66 valence electrons. The van der Waals surface area contributed by atoms with Crippen LogP contribution in [-0.2, 0) is 12.8 Å². The summed E-state index contributed by atoms with van der Waals surface area (Å²) in [6.45, 7) is 3.96. The Bertz CT molecular complexity index is 290. The van der Waals surface area contributed by atoms with Crippen LogP contribution in [0.4, 0.5) is 4.79 Å². The Kier molecular flexibility index (Phi) is 2.47. The standard InChI is InChI=1S/C8H13N3O/c1-3-6-5-7(4-2)11(10-6)8(9)12/h5H,3-4H2,1-2H3,(H2,9,12). The number of aromatic nitrogens is 2. The molecule has 4 heteroatoms. The number of carbonyl (C=O) groups excluding carboxylic acids is 1. The van der Waals surface area contributed by atoms with Gasteiger partial charge in [-0.2, -0.15) is 9.78 Å². The largest absolute Gasteiger partial charge is 0.350 e. The molecule has 1 amide bonds. The third-order valence-electron chi connectivity index (χ3n) is 1.77. The molecule has 1 aromatic rings. The molecule has 0 aromatic carbocycles. The van der Waals surface area contributed by atoms with Crippen LogP contribution in [0.15, 0.2) is 6.07 Å². The fourth-order valence-corrected chi connectivity index (χ4v) is 1.09. The topological polar surface area (TPSA) is 60.9 Å². The second kappa shape index (κ2) is 3.38. The molecule has 0 spiro atoms. The maximum absolute atomic E-state index is 10.8. The molecular formula is C8H13N3O. The first-order chi connectivity index (χ1) is 5.69. The van der Waals surface area contributed by atoms with Crippen molar-refractivity contribution in [3.8, 4) is 0 Å². The maximum Gasteiger partial charge on any atom is 0.339 e. The third kappa shape index (κ3) is 1.47. The van der Waals surface area contributed by atoms with E-state index in [2.05, 4.69) is 5.10 Å². The van der Waals surface area contributed by atoms with Gasteiger partial charge in [-0.25, -0.2) is 4.79 Å². The van der Waals surface area contributed by atoms with Crippen molar-refractivity contribution in [2.75, 3.05) is 0 Å². The second-order valence-electron chi connectivity index (χ2n) is 2.58. The van der Waals surface area contributed by atoms with Crippen LogP contribution in [0.5, 0.6) is 0 Å². The summed E-state index contributed by atoms with van der Waals surface area (Å²) in [4.78, 5) is 10.8. The van der Waals surface area contributed by atoms with Gasteiger partial charge in [0.15, 0.2) is 0 Å². The molecule has 0 radical (unpaired) electrons. The number of carbonyl (C=O) groups is 1. The Hall–Kier alpha value is -1.32. The molecular weight excluding hydrogens is 154 g/mol. The number of aryl methyl sites for hydroxylation is 2. The Morgan fingerprint density at radius 3 is 2.58 bits per heavy atom. The highest BCUT2D eigenvalue weighted by Crippen LogP contribution is 2.04. The van der Waals surface area contributed by atoms with Crippen molar-refractivity contribution >= 4 is 6.03 Å². The van der Waals surface area contributed by atoms with E-state index in [1.165, 1.54) is 4.68 Å². The number of amides is 1. The molecule has 0 bridgehead atoms. The predicted octanol–water partition coefficient (Wildman–Crippen LogP) is 0.935. The fraction of sp³-hybridized carbons (Fsp3) is 0.500. The van der Waals surface area contributed by atoms with Crippen LogP contribution in [0.1, 0.15) is 25.2 Å². The fourth-order valence-electron chi connectivity index (χ4n) is 1.09. The van der Waals surface area contributed by atoms with Gasteiger partial charge < -0.3 is 5.73 Å². The van der Waals surface area contributed by atoms with E-state index < -0.39 is 6.03 Å². The minimum absolute atomic E-state index is 0.508. The predicted molar refractivity (Wildman–Crippen MR) is 46.0 cm³/mol. The van der Waals surface area contributed by atoms with Crippen LogP contribution in [0, 0.1) is 0 Å². The van der Waals surface area contributed by atoms with Crippen molar-refractivity contribution in [3.63, 3.8) is 0 Å². The number of hydrogen-bond donors (Lipinski definition) is 1. The van der Waals surface area contributed by atoms with E-state index in [-0.39, 0.29) is 0 Å². The summed E-state index contributed by atoms with van der Waals surface area (Å²) in [5.74, 6) is 0. The molecule has 12 heavy (non-hydrogen) atoms. The van der Waals surface area contributed by atoms with Crippen molar-refractivity contribution < 1.29 is 4.79 Å². The molecule has 1 heterocycles. The van der Waals surface area contributed by atoms with E-state index in [1.807, 2.05) is 19.9 Å². The quantitative estimate of drug-likeness (QED) is 0.712. The maximum atomic E-state index is 10.8. The normalized spacial score (nSPS) is 10.2. The van der Waals surface area contributed by atoms with E-state index in [1.54, 1.807) is 0 Å². The lowest BCUT2D eigenvalue weighted by Crippen LogP contribution is -2.22. The molecule has 0 saturated carbocycles. The third-order valence-corrected chi connectivity index (χ3v) is 1.77. The molecule has 2 N–H and O–H groups in total. The van der Waals surface area contributed by atoms with E-state index in [0.717, 1.165) is 24.2 Å². The molecule has 0 aliphatic heterocycles. The van der Waals surface area contributed by atoms with Crippen molar-refractivity contribution in [3.05, 3.63) is 17.5 Å². The van der Waals surface area contributed by atoms with Gasteiger partial charge >= 0.3 is 6.03 Å². The first kappa shape index (κ1) is 8.77. The van der Waals surface area contributed by atoms with Gasteiger partial charge in [0.2, 0.25) is 0 Å². The van der Waals surface area contributed by atoms with Gasteiger partial charge in [-0.05, 0) is 18.9 Å². The average molecular weight is 167 g/mol. The summed E-state index contributed by atoms with van der Waals surface area (Å²) >= 11 is 0. The lowest BCUT2D eigenvalue weighted by Gasteiger charge is -1.97. The van der Waals surface area contributed by atoms with Crippen LogP contribution in [0.3, 0.4) is 0 Å². The zero-order valence-electron chi connectivity index (χ0n) is 7.37. The van der Waals surface area contributed by atoms with E-state index in [0.29, 0.717) is 0 Å². The van der Waals surface area contributed by atoms with E-state index in [4.69, 9.17) is 5.73 Å². The second-order valence-corrected chi connectivity index (χ2v) is 2.58. The summed E-state index contributed by atoms with van der Waals surface area (Å²) in [5, 5.41) is 4.04. The number of nitrogens with two attached hydrogens (primary N) is 1. The summed E-state index contributed by atoms with van der Waals surface area (Å²) in [5.41, 5.74) is 6.90. The number of nitrogens with zero attached hydrogens (tertiary/aromatic N) is 2. The molecule has 0 saturated heterocycles. The minimum Gasteiger partial charge on any atom is -0.350 e. The molecule has 0 unspecified atom stereocenters. The number of hydrogen-bond acceptors (Lipinski definition) is 2. The summed E-state index contributed by atoms with van der Waals surface area (Å²) in [7, 11) is 0. The van der Waals surface area contributed by atoms with E-state index >= 15 is 0 Å². The van der Waals surface area contributed by atoms with Gasteiger partial charge in [0.05, 0.1) is 5.69 Å². The molecule has 0 fully saturated rings. The first-order valence-electron chi connectivity index (χ1n) is 4.06. The monoisotopic (exact) mass is 167 g/mol. The van der Waals surface area contributed by atoms with Gasteiger partial charge in [0.1, 0.15) is 0 Å². The molecule has 0 atom stereocenters. The smallest absolute Gasteiger partial charge is 0.339 e. The zero-order valence-corrected chi connectivity index (χ0v) is 7.37. The Morgan fingerprint density at radius 1 is 1.58 bits per heavy atom. The lowest BCUT2D eigenvalue weighted by atomic mass is 10.3. The van der Waals surface area contributed by atoms with Gasteiger partial charge in [0.25, 0.3) is 0 Å². The van der Waals surface area contributed by atoms with Crippen LogP contribution in [0.2, 0.25) is 0 Å². The Balaban J connectivity index is 3.08. The Morgan fingerprint density at radius 2 is 2.25 bits per heavy atom. The van der Waals surface area contributed by atoms with Gasteiger partial charge in [-0.3, -0.25) is 0 Å². The molecule has 0 aliphatic carbocycles. The highest BCUT2D eigenvalue weighted by atomic mass is 16.2. The van der Waals surface area contributed by atoms with E-state index in [9.17, 15) is 4.79 Å². The molecule has 1 rings (SSSR count). The van der Waals surface area contributed by atoms with Gasteiger partial charge in [0, 0.05) is 5.69 Å². The van der Waals surface area contributed by atoms with Gasteiger partial charge in [-0.1, -0.05) is 13.8 Å². The van der Waals surface area contributed by atoms with Crippen molar-refractivity contribution in [1.82, 2.24) is 9.78 Å². The highest BCUT2D eigenvalue weighted by molar-refractivity contribution is 5.74. The minimum atomic E-state index is -0.508. The van der Waals surface area contributed by atoms with Crippen LogP contribution >= 0.6 is 0 Å².